The minimum absolute atomic E-state index is 0.429. The highest BCUT2D eigenvalue weighted by molar-refractivity contribution is 9.10. The lowest BCUT2D eigenvalue weighted by Gasteiger charge is -2.14. The molecule has 5 nitrogen and oxygen atoms in total. The quantitative estimate of drug-likeness (QED) is 0.641. The summed E-state index contributed by atoms with van der Waals surface area (Å²) in [4.78, 5) is 18.9. The van der Waals surface area contributed by atoms with Crippen LogP contribution in [0.2, 0.25) is 0 Å². The van der Waals surface area contributed by atoms with E-state index < -0.39 is 12.1 Å². The molecule has 2 aromatic carbocycles. The van der Waals surface area contributed by atoms with E-state index in [1.807, 2.05) is 49.4 Å². The van der Waals surface area contributed by atoms with E-state index in [9.17, 15) is 4.79 Å². The van der Waals surface area contributed by atoms with Gasteiger partial charge < -0.3 is 15.4 Å². The van der Waals surface area contributed by atoms with Gasteiger partial charge in [0, 0.05) is 10.9 Å². The van der Waals surface area contributed by atoms with Crippen LogP contribution >= 0.6 is 15.9 Å². The summed E-state index contributed by atoms with van der Waals surface area (Å²) in [6, 6.07) is 13.3. The molecule has 23 heavy (non-hydrogen) atoms. The normalized spacial score (nSPS) is 12.3. The lowest BCUT2D eigenvalue weighted by molar-refractivity contribution is 0.189. The molecule has 0 bridgehead atoms. The first-order chi connectivity index (χ1) is 11.0. The van der Waals surface area contributed by atoms with Gasteiger partial charge in [-0.3, -0.25) is 0 Å². The summed E-state index contributed by atoms with van der Waals surface area (Å²) in [7, 11) is 0. The zero-order valence-corrected chi connectivity index (χ0v) is 14.1. The van der Waals surface area contributed by atoms with E-state index >= 15 is 0 Å². The number of hydrogen-bond donors (Lipinski definition) is 3. The SMILES string of the molecule is Cc1ccc2nc(C(Cc3ccc(Br)cc3)NC(=O)O)[nH]c2c1. The number of carbonyl (C=O) groups is 1. The van der Waals surface area contributed by atoms with E-state index in [0.717, 1.165) is 26.6 Å². The molecule has 1 amide bonds. The molecule has 1 unspecified atom stereocenters. The van der Waals surface area contributed by atoms with Crippen molar-refractivity contribution in [3.8, 4) is 0 Å². The predicted molar refractivity (Wildman–Crippen MR) is 92.6 cm³/mol. The fourth-order valence-electron chi connectivity index (χ4n) is 2.53. The van der Waals surface area contributed by atoms with Gasteiger partial charge in [0.1, 0.15) is 5.82 Å². The van der Waals surface area contributed by atoms with Crippen LogP contribution in [-0.2, 0) is 6.42 Å². The number of H-pyrrole nitrogens is 1. The number of fused-ring (bicyclic) bond motifs is 1. The molecule has 0 aliphatic heterocycles. The zero-order chi connectivity index (χ0) is 16.4. The smallest absolute Gasteiger partial charge is 0.405 e. The maximum absolute atomic E-state index is 11.1. The molecular weight excluding hydrogens is 358 g/mol. The van der Waals surface area contributed by atoms with Gasteiger partial charge >= 0.3 is 6.09 Å². The Labute approximate surface area is 141 Å². The molecule has 0 saturated heterocycles. The first-order valence-electron chi connectivity index (χ1n) is 7.21. The van der Waals surface area contributed by atoms with Gasteiger partial charge in [-0.05, 0) is 42.3 Å². The van der Waals surface area contributed by atoms with Crippen molar-refractivity contribution in [3.05, 3.63) is 63.9 Å². The third-order valence-corrected chi connectivity index (χ3v) is 4.17. The molecule has 6 heteroatoms. The second-order valence-electron chi connectivity index (χ2n) is 5.48. The van der Waals surface area contributed by atoms with E-state index in [1.54, 1.807) is 0 Å². The summed E-state index contributed by atoms with van der Waals surface area (Å²) in [6.45, 7) is 2.01. The number of imidazole rings is 1. The summed E-state index contributed by atoms with van der Waals surface area (Å²) < 4.78 is 0.989. The van der Waals surface area contributed by atoms with E-state index in [1.165, 1.54) is 0 Å². The van der Waals surface area contributed by atoms with Gasteiger partial charge in [0.15, 0.2) is 0 Å². The molecule has 1 heterocycles. The van der Waals surface area contributed by atoms with Gasteiger partial charge in [-0.2, -0.15) is 0 Å². The summed E-state index contributed by atoms with van der Waals surface area (Å²) in [5, 5.41) is 11.7. The zero-order valence-electron chi connectivity index (χ0n) is 12.5. The molecule has 0 spiro atoms. The topological polar surface area (TPSA) is 78.0 Å². The Bertz CT molecular complexity index is 843. The minimum Gasteiger partial charge on any atom is -0.465 e. The van der Waals surface area contributed by atoms with Crippen molar-refractivity contribution < 1.29 is 9.90 Å². The number of benzene rings is 2. The molecule has 3 rings (SSSR count). The van der Waals surface area contributed by atoms with Crippen LogP contribution in [0.25, 0.3) is 11.0 Å². The second kappa shape index (κ2) is 6.42. The summed E-state index contributed by atoms with van der Waals surface area (Å²) in [6.07, 6.45) is -0.540. The Morgan fingerprint density at radius 2 is 2.04 bits per heavy atom. The highest BCUT2D eigenvalue weighted by Crippen LogP contribution is 2.21. The van der Waals surface area contributed by atoms with Gasteiger partial charge in [-0.25, -0.2) is 9.78 Å². The number of nitrogens with one attached hydrogen (secondary N) is 2. The number of nitrogens with zero attached hydrogens (tertiary/aromatic N) is 1. The highest BCUT2D eigenvalue weighted by Gasteiger charge is 2.18. The van der Waals surface area contributed by atoms with Crippen molar-refractivity contribution in [2.75, 3.05) is 0 Å². The van der Waals surface area contributed by atoms with Gasteiger partial charge in [0.05, 0.1) is 17.1 Å². The van der Waals surface area contributed by atoms with Crippen LogP contribution in [0.1, 0.15) is 23.0 Å². The lowest BCUT2D eigenvalue weighted by atomic mass is 10.1. The van der Waals surface area contributed by atoms with Crippen LogP contribution in [0, 0.1) is 6.92 Å². The van der Waals surface area contributed by atoms with Crippen LogP contribution in [0.15, 0.2) is 46.9 Å². The summed E-state index contributed by atoms with van der Waals surface area (Å²) in [5.74, 6) is 0.621. The molecule has 3 N–H and O–H groups in total. The van der Waals surface area contributed by atoms with E-state index in [2.05, 4.69) is 31.2 Å². The molecule has 1 aromatic heterocycles. The fraction of sp³-hybridized carbons (Fsp3) is 0.176. The van der Waals surface area contributed by atoms with Crippen molar-refractivity contribution in [2.24, 2.45) is 0 Å². The van der Waals surface area contributed by atoms with Gasteiger partial charge in [0.25, 0.3) is 0 Å². The van der Waals surface area contributed by atoms with E-state index in [-0.39, 0.29) is 0 Å². The molecule has 0 aliphatic carbocycles. The molecule has 0 fully saturated rings. The Morgan fingerprint density at radius 1 is 1.30 bits per heavy atom. The van der Waals surface area contributed by atoms with E-state index in [0.29, 0.717) is 12.2 Å². The monoisotopic (exact) mass is 373 g/mol. The maximum atomic E-state index is 11.1. The third-order valence-electron chi connectivity index (χ3n) is 3.64. The second-order valence-corrected chi connectivity index (χ2v) is 6.39. The number of aromatic nitrogens is 2. The largest absolute Gasteiger partial charge is 0.465 e. The van der Waals surface area contributed by atoms with Gasteiger partial charge in [-0.15, -0.1) is 0 Å². The average Bonchev–Trinajstić information content (AvgIpc) is 2.91. The van der Waals surface area contributed by atoms with Crippen molar-refractivity contribution in [2.45, 2.75) is 19.4 Å². The Balaban J connectivity index is 1.93. The summed E-state index contributed by atoms with van der Waals surface area (Å²) >= 11 is 3.40. The number of halogens is 1. The van der Waals surface area contributed by atoms with Crippen molar-refractivity contribution in [1.29, 1.82) is 0 Å². The molecule has 0 saturated carbocycles. The molecule has 0 aliphatic rings. The van der Waals surface area contributed by atoms with Crippen LogP contribution in [0.3, 0.4) is 0 Å². The van der Waals surface area contributed by atoms with Crippen molar-refractivity contribution in [3.63, 3.8) is 0 Å². The van der Waals surface area contributed by atoms with Gasteiger partial charge in [0.2, 0.25) is 0 Å². The standard InChI is InChI=1S/C17H16BrN3O2/c1-10-2-7-13-14(8-10)20-16(19-13)15(21-17(22)23)9-11-3-5-12(18)6-4-11/h2-8,15,21H,9H2,1H3,(H,19,20)(H,22,23). The van der Waals surface area contributed by atoms with E-state index in [4.69, 9.17) is 5.11 Å². The maximum Gasteiger partial charge on any atom is 0.405 e. The molecular formula is C17H16BrN3O2. The molecule has 0 radical (unpaired) electrons. The van der Waals surface area contributed by atoms with Crippen molar-refractivity contribution >= 4 is 33.1 Å². The highest BCUT2D eigenvalue weighted by atomic mass is 79.9. The number of hydrogen-bond acceptors (Lipinski definition) is 2. The first-order valence-corrected chi connectivity index (χ1v) is 8.01. The molecule has 118 valence electrons. The van der Waals surface area contributed by atoms with Gasteiger partial charge in [-0.1, -0.05) is 34.1 Å². The number of carboxylic acid groups (broad SMARTS) is 1. The Hall–Kier alpha value is -2.34. The van der Waals surface area contributed by atoms with Crippen LogP contribution in [0.5, 0.6) is 0 Å². The number of aromatic amines is 1. The molecule has 1 atom stereocenters. The first kappa shape index (κ1) is 15.6. The lowest BCUT2D eigenvalue weighted by Crippen LogP contribution is -2.29. The van der Waals surface area contributed by atoms with Crippen LogP contribution in [0.4, 0.5) is 4.79 Å². The minimum atomic E-state index is -1.07. The number of aryl methyl sites for hydroxylation is 1. The van der Waals surface area contributed by atoms with Crippen molar-refractivity contribution in [1.82, 2.24) is 15.3 Å². The molecule has 3 aromatic rings. The number of rotatable bonds is 4. The Kier molecular flexibility index (Phi) is 4.34. The van der Waals surface area contributed by atoms with Crippen LogP contribution in [-0.4, -0.2) is 21.2 Å². The predicted octanol–water partition coefficient (Wildman–Crippen LogP) is 4.19. The summed E-state index contributed by atoms with van der Waals surface area (Å²) in [5.41, 5.74) is 3.90. The third kappa shape index (κ3) is 3.71. The van der Waals surface area contributed by atoms with Crippen LogP contribution < -0.4 is 5.32 Å². The average molecular weight is 374 g/mol. The fourth-order valence-corrected chi connectivity index (χ4v) is 2.79. The number of amides is 1. The Morgan fingerprint density at radius 3 is 2.74 bits per heavy atom.